The van der Waals surface area contributed by atoms with Crippen LogP contribution < -0.4 is 4.72 Å². The second-order valence-electron chi connectivity index (χ2n) is 3.98. The molecule has 0 aliphatic carbocycles. The maximum atomic E-state index is 13.2. The molecule has 0 aliphatic rings. The van der Waals surface area contributed by atoms with Crippen LogP contribution in [0.3, 0.4) is 0 Å². The molecule has 0 amide bonds. The summed E-state index contributed by atoms with van der Waals surface area (Å²) >= 11 is 5.53. The van der Waals surface area contributed by atoms with E-state index in [2.05, 4.69) is 14.9 Å². The van der Waals surface area contributed by atoms with Gasteiger partial charge in [-0.25, -0.2) is 17.5 Å². The summed E-state index contributed by atoms with van der Waals surface area (Å²) < 4.78 is 43.8. The van der Waals surface area contributed by atoms with E-state index in [9.17, 15) is 12.8 Å². The first-order valence-corrected chi connectivity index (χ1v) is 7.69. The molecule has 1 aromatic heterocycles. The van der Waals surface area contributed by atoms with Crippen molar-refractivity contribution in [3.8, 4) is 0 Å². The van der Waals surface area contributed by atoms with E-state index >= 15 is 0 Å². The molecule has 6 nitrogen and oxygen atoms in total. The lowest BCUT2D eigenvalue weighted by molar-refractivity contribution is 0.426. The molecule has 2 aromatic rings. The molecule has 20 heavy (non-hydrogen) atoms. The van der Waals surface area contributed by atoms with Crippen LogP contribution in [0, 0.1) is 5.82 Å². The quantitative estimate of drug-likeness (QED) is 0.914. The summed E-state index contributed by atoms with van der Waals surface area (Å²) in [5.41, 5.74) is 0.259. The summed E-state index contributed by atoms with van der Waals surface area (Å²) in [4.78, 5) is 3.82. The van der Waals surface area contributed by atoms with E-state index in [0.29, 0.717) is 12.2 Å². The van der Waals surface area contributed by atoms with E-state index in [1.54, 1.807) is 6.92 Å². The van der Waals surface area contributed by atoms with Crippen LogP contribution in [0.25, 0.3) is 0 Å². The molecule has 2 rings (SSSR count). The predicted octanol–water partition coefficient (Wildman–Crippen LogP) is 2.37. The van der Waals surface area contributed by atoms with Gasteiger partial charge in [-0.3, -0.25) is 0 Å². The van der Waals surface area contributed by atoms with E-state index in [1.807, 2.05) is 0 Å². The molecular weight excluding hydrogens is 309 g/mol. The van der Waals surface area contributed by atoms with Gasteiger partial charge in [0, 0.05) is 6.42 Å². The van der Waals surface area contributed by atoms with Crippen molar-refractivity contribution in [2.45, 2.75) is 19.1 Å². The van der Waals surface area contributed by atoms with Crippen molar-refractivity contribution in [3.63, 3.8) is 0 Å². The summed E-state index contributed by atoms with van der Waals surface area (Å²) in [7, 11) is -3.77. The Labute approximate surface area is 120 Å². The number of aryl methyl sites for hydroxylation is 1. The maximum absolute atomic E-state index is 13.2. The Balaban J connectivity index is 2.12. The minimum Gasteiger partial charge on any atom is -0.314 e. The molecule has 0 aliphatic heterocycles. The standard InChI is InChI=1S/C11H11ClFN3O3S/c1-2-10-14-11(19-15-10)16-20(17,18)6-7-3-4-8(12)9(13)5-7/h3-5H,2,6H2,1H3,(H,14,15,16). The molecule has 108 valence electrons. The molecule has 1 heterocycles. The van der Waals surface area contributed by atoms with Gasteiger partial charge < -0.3 is 4.52 Å². The van der Waals surface area contributed by atoms with E-state index in [0.717, 1.165) is 6.07 Å². The van der Waals surface area contributed by atoms with Gasteiger partial charge in [-0.05, 0) is 17.7 Å². The molecule has 0 bridgehead atoms. The number of nitrogens with one attached hydrogen (secondary N) is 1. The molecular formula is C11H11ClFN3O3S. The Hall–Kier alpha value is -1.67. The van der Waals surface area contributed by atoms with Crippen molar-refractivity contribution >= 4 is 27.6 Å². The van der Waals surface area contributed by atoms with Gasteiger partial charge in [0.25, 0.3) is 0 Å². The Kier molecular flexibility index (Phi) is 4.24. The molecule has 9 heteroatoms. The lowest BCUT2D eigenvalue weighted by Crippen LogP contribution is -2.15. The number of hydrogen-bond acceptors (Lipinski definition) is 5. The molecule has 0 atom stereocenters. The molecule has 0 spiro atoms. The lowest BCUT2D eigenvalue weighted by atomic mass is 10.2. The van der Waals surface area contributed by atoms with Crippen molar-refractivity contribution in [2.75, 3.05) is 4.72 Å². The number of benzene rings is 1. The Morgan fingerprint density at radius 2 is 2.20 bits per heavy atom. The largest absolute Gasteiger partial charge is 0.335 e. The predicted molar refractivity (Wildman–Crippen MR) is 71.3 cm³/mol. The van der Waals surface area contributed by atoms with Gasteiger partial charge in [0.15, 0.2) is 5.82 Å². The zero-order valence-electron chi connectivity index (χ0n) is 10.4. The highest BCUT2D eigenvalue weighted by atomic mass is 35.5. The number of sulfonamides is 1. The van der Waals surface area contributed by atoms with E-state index in [1.165, 1.54) is 12.1 Å². The third kappa shape index (κ3) is 3.67. The van der Waals surface area contributed by atoms with Gasteiger partial charge >= 0.3 is 6.01 Å². The van der Waals surface area contributed by atoms with Gasteiger partial charge in [-0.1, -0.05) is 29.7 Å². The van der Waals surface area contributed by atoms with Gasteiger partial charge in [-0.2, -0.15) is 4.98 Å². The Morgan fingerprint density at radius 3 is 2.80 bits per heavy atom. The lowest BCUT2D eigenvalue weighted by Gasteiger charge is -2.04. The highest BCUT2D eigenvalue weighted by Crippen LogP contribution is 2.18. The average Bonchev–Trinajstić information content (AvgIpc) is 2.80. The number of rotatable bonds is 5. The van der Waals surface area contributed by atoms with Crippen molar-refractivity contribution in [1.29, 1.82) is 0 Å². The van der Waals surface area contributed by atoms with Crippen LogP contribution in [0.5, 0.6) is 0 Å². The first-order valence-electron chi connectivity index (χ1n) is 5.66. The summed E-state index contributed by atoms with van der Waals surface area (Å²) in [5.74, 6) is -0.712. The van der Waals surface area contributed by atoms with Crippen molar-refractivity contribution in [1.82, 2.24) is 10.1 Å². The summed E-state index contributed by atoms with van der Waals surface area (Å²) in [6, 6.07) is 3.57. The molecule has 0 radical (unpaired) electrons. The van der Waals surface area contributed by atoms with Gasteiger partial charge in [0.05, 0.1) is 10.8 Å². The molecule has 0 saturated carbocycles. The first kappa shape index (κ1) is 14.7. The van der Waals surface area contributed by atoms with Gasteiger partial charge in [-0.15, -0.1) is 0 Å². The van der Waals surface area contributed by atoms with Crippen LogP contribution in [0.15, 0.2) is 22.7 Å². The average molecular weight is 320 g/mol. The SMILES string of the molecule is CCc1noc(NS(=O)(=O)Cc2ccc(Cl)c(F)c2)n1. The summed E-state index contributed by atoms with van der Waals surface area (Å²) in [5, 5.41) is 3.49. The summed E-state index contributed by atoms with van der Waals surface area (Å²) in [6.45, 7) is 1.81. The van der Waals surface area contributed by atoms with E-state index < -0.39 is 21.6 Å². The topological polar surface area (TPSA) is 85.1 Å². The zero-order valence-corrected chi connectivity index (χ0v) is 12.0. The van der Waals surface area contributed by atoms with Crippen LogP contribution in [0.4, 0.5) is 10.4 Å². The summed E-state index contributed by atoms with van der Waals surface area (Å²) in [6.07, 6.45) is 0.521. The van der Waals surface area contributed by atoms with Gasteiger partial charge in [0.1, 0.15) is 5.82 Å². The number of aromatic nitrogens is 2. The van der Waals surface area contributed by atoms with Crippen LogP contribution in [-0.2, 0) is 22.2 Å². The fourth-order valence-corrected chi connectivity index (χ4v) is 2.61. The van der Waals surface area contributed by atoms with Crippen LogP contribution >= 0.6 is 11.6 Å². The third-order valence-corrected chi connectivity index (χ3v) is 3.87. The van der Waals surface area contributed by atoms with Crippen molar-refractivity contribution in [3.05, 3.63) is 40.4 Å². The molecule has 0 saturated heterocycles. The molecule has 1 aromatic carbocycles. The van der Waals surface area contributed by atoms with Crippen molar-refractivity contribution < 1.29 is 17.3 Å². The first-order chi connectivity index (χ1) is 9.39. The Bertz CT molecular complexity index is 717. The maximum Gasteiger partial charge on any atom is 0.335 e. The number of nitrogens with zero attached hydrogens (tertiary/aromatic N) is 2. The highest BCUT2D eigenvalue weighted by molar-refractivity contribution is 7.91. The second-order valence-corrected chi connectivity index (χ2v) is 6.11. The van der Waals surface area contributed by atoms with Crippen LogP contribution in [-0.4, -0.2) is 18.6 Å². The molecule has 1 N–H and O–H groups in total. The number of hydrogen-bond donors (Lipinski definition) is 1. The van der Waals surface area contributed by atoms with Gasteiger partial charge in [0.2, 0.25) is 10.0 Å². The van der Waals surface area contributed by atoms with Crippen LogP contribution in [0.1, 0.15) is 18.3 Å². The van der Waals surface area contributed by atoms with E-state index in [-0.39, 0.29) is 16.6 Å². The number of halogens is 2. The third-order valence-electron chi connectivity index (χ3n) is 2.37. The zero-order chi connectivity index (χ0) is 14.8. The smallest absolute Gasteiger partial charge is 0.314 e. The minimum atomic E-state index is -3.77. The highest BCUT2D eigenvalue weighted by Gasteiger charge is 2.16. The fraction of sp³-hybridized carbons (Fsp3) is 0.273. The number of anilines is 1. The second kappa shape index (κ2) is 5.76. The van der Waals surface area contributed by atoms with E-state index in [4.69, 9.17) is 16.1 Å². The minimum absolute atomic E-state index is 0.0661. The Morgan fingerprint density at radius 1 is 1.45 bits per heavy atom. The van der Waals surface area contributed by atoms with Crippen molar-refractivity contribution in [2.24, 2.45) is 0 Å². The molecule has 0 unspecified atom stereocenters. The van der Waals surface area contributed by atoms with Crippen LogP contribution in [0.2, 0.25) is 5.02 Å². The normalized spacial score (nSPS) is 11.6. The fourth-order valence-electron chi connectivity index (χ4n) is 1.46. The monoisotopic (exact) mass is 319 g/mol. The molecule has 0 fully saturated rings.